The molecule has 0 N–H and O–H groups in total. The summed E-state index contributed by atoms with van der Waals surface area (Å²) in [4.78, 5) is 13.5. The Morgan fingerprint density at radius 1 is 1.17 bits per heavy atom. The summed E-state index contributed by atoms with van der Waals surface area (Å²) in [6, 6.07) is 7.70. The minimum absolute atomic E-state index is 0.0499. The highest BCUT2D eigenvalue weighted by Gasteiger charge is 2.04. The molecule has 0 aliphatic carbocycles. The molecule has 0 aliphatic heterocycles. The van der Waals surface area contributed by atoms with Crippen molar-refractivity contribution in [2.45, 2.75) is 20.8 Å². The summed E-state index contributed by atoms with van der Waals surface area (Å²) in [6.07, 6.45) is 3.44. The molecular weight excluding hydrogens is 226 g/mol. The van der Waals surface area contributed by atoms with Crippen molar-refractivity contribution in [3.8, 4) is 5.75 Å². The van der Waals surface area contributed by atoms with Gasteiger partial charge in [-0.1, -0.05) is 12.1 Å². The molecule has 0 fully saturated rings. The number of carbonyl (C=O) groups is 1. The lowest BCUT2D eigenvalue weighted by Gasteiger charge is -2.15. The topological polar surface area (TPSA) is 29.5 Å². The van der Waals surface area contributed by atoms with Gasteiger partial charge >= 0.3 is 0 Å². The summed E-state index contributed by atoms with van der Waals surface area (Å²) >= 11 is 0. The van der Waals surface area contributed by atoms with Crippen LogP contribution >= 0.6 is 0 Å². The molecule has 0 radical (unpaired) electrons. The fourth-order valence-corrected chi connectivity index (χ4v) is 1.65. The Hall–Kier alpha value is -1.77. The second kappa shape index (κ2) is 7.54. The molecule has 0 aromatic heterocycles. The minimum Gasteiger partial charge on any atom is -0.494 e. The third kappa shape index (κ3) is 4.24. The van der Waals surface area contributed by atoms with Crippen LogP contribution < -0.4 is 4.74 Å². The second-order valence-corrected chi connectivity index (χ2v) is 3.85. The van der Waals surface area contributed by atoms with Gasteiger partial charge in [0.2, 0.25) is 5.91 Å². The molecule has 0 spiro atoms. The Kier molecular flexibility index (Phi) is 5.98. The predicted octanol–water partition coefficient (Wildman–Crippen LogP) is 2.97. The minimum atomic E-state index is 0.0499. The maximum Gasteiger partial charge on any atom is 0.246 e. The van der Waals surface area contributed by atoms with Crippen LogP contribution in [0, 0.1) is 0 Å². The average Bonchev–Trinajstić information content (AvgIpc) is 2.40. The van der Waals surface area contributed by atoms with Crippen LogP contribution in [0.4, 0.5) is 0 Å². The molecule has 0 unspecified atom stereocenters. The quantitative estimate of drug-likeness (QED) is 0.723. The van der Waals surface area contributed by atoms with Crippen LogP contribution in [0.3, 0.4) is 0 Å². The molecular formula is C15H21NO2. The van der Waals surface area contributed by atoms with Crippen LogP contribution in [-0.4, -0.2) is 30.5 Å². The predicted molar refractivity (Wildman–Crippen MR) is 74.6 cm³/mol. The Morgan fingerprint density at radius 2 is 1.78 bits per heavy atom. The second-order valence-electron chi connectivity index (χ2n) is 3.85. The van der Waals surface area contributed by atoms with Crippen molar-refractivity contribution in [3.63, 3.8) is 0 Å². The number of nitrogens with zero attached hydrogens (tertiary/aromatic N) is 1. The van der Waals surface area contributed by atoms with Gasteiger partial charge in [-0.25, -0.2) is 0 Å². The summed E-state index contributed by atoms with van der Waals surface area (Å²) in [5.41, 5.74) is 0.999. The third-order valence-electron chi connectivity index (χ3n) is 2.68. The van der Waals surface area contributed by atoms with E-state index in [0.717, 1.165) is 24.4 Å². The van der Waals surface area contributed by atoms with Gasteiger partial charge in [0.15, 0.2) is 0 Å². The van der Waals surface area contributed by atoms with Crippen LogP contribution in [0.5, 0.6) is 5.75 Å². The first kappa shape index (κ1) is 14.3. The lowest BCUT2D eigenvalue weighted by atomic mass is 10.2. The monoisotopic (exact) mass is 247 g/mol. The van der Waals surface area contributed by atoms with Crippen molar-refractivity contribution < 1.29 is 9.53 Å². The Morgan fingerprint density at radius 3 is 2.28 bits per heavy atom. The molecule has 1 amide bonds. The van der Waals surface area contributed by atoms with Crippen molar-refractivity contribution >= 4 is 12.0 Å². The number of hydrogen-bond donors (Lipinski definition) is 0. The Bertz CT molecular complexity index is 391. The molecule has 1 rings (SSSR count). The van der Waals surface area contributed by atoms with Gasteiger partial charge in [-0.3, -0.25) is 4.79 Å². The molecule has 1 aromatic rings. The molecule has 0 atom stereocenters. The normalized spacial score (nSPS) is 10.6. The zero-order valence-electron chi connectivity index (χ0n) is 11.3. The summed E-state index contributed by atoms with van der Waals surface area (Å²) in [6.45, 7) is 8.05. The highest BCUT2D eigenvalue weighted by molar-refractivity contribution is 5.91. The summed E-state index contributed by atoms with van der Waals surface area (Å²) in [7, 11) is 0. The lowest BCUT2D eigenvalue weighted by molar-refractivity contribution is -0.125. The molecule has 3 heteroatoms. The van der Waals surface area contributed by atoms with E-state index in [9.17, 15) is 4.79 Å². The van der Waals surface area contributed by atoms with Crippen LogP contribution in [0.1, 0.15) is 26.3 Å². The molecule has 0 aliphatic rings. The van der Waals surface area contributed by atoms with Crippen LogP contribution in [-0.2, 0) is 4.79 Å². The van der Waals surface area contributed by atoms with Crippen molar-refractivity contribution in [2.24, 2.45) is 0 Å². The van der Waals surface area contributed by atoms with E-state index in [4.69, 9.17) is 4.74 Å². The number of rotatable bonds is 6. The summed E-state index contributed by atoms with van der Waals surface area (Å²) < 4.78 is 5.36. The average molecular weight is 247 g/mol. The third-order valence-corrected chi connectivity index (χ3v) is 2.68. The smallest absolute Gasteiger partial charge is 0.246 e. The first-order valence-electron chi connectivity index (χ1n) is 6.41. The van der Waals surface area contributed by atoms with Gasteiger partial charge in [-0.05, 0) is 44.5 Å². The van der Waals surface area contributed by atoms with E-state index < -0.39 is 0 Å². The lowest BCUT2D eigenvalue weighted by Crippen LogP contribution is -2.28. The van der Waals surface area contributed by atoms with Gasteiger partial charge in [0.1, 0.15) is 5.75 Å². The van der Waals surface area contributed by atoms with Gasteiger partial charge in [0, 0.05) is 19.2 Å². The van der Waals surface area contributed by atoms with E-state index in [1.54, 1.807) is 11.0 Å². The first-order valence-corrected chi connectivity index (χ1v) is 6.41. The van der Waals surface area contributed by atoms with Gasteiger partial charge in [-0.2, -0.15) is 0 Å². The first-order chi connectivity index (χ1) is 8.71. The fourth-order valence-electron chi connectivity index (χ4n) is 1.65. The highest BCUT2D eigenvalue weighted by Crippen LogP contribution is 2.13. The van der Waals surface area contributed by atoms with Crippen LogP contribution in [0.15, 0.2) is 30.3 Å². The zero-order chi connectivity index (χ0) is 13.4. The van der Waals surface area contributed by atoms with E-state index >= 15 is 0 Å². The van der Waals surface area contributed by atoms with Crippen molar-refractivity contribution in [1.82, 2.24) is 4.90 Å². The zero-order valence-corrected chi connectivity index (χ0v) is 11.3. The number of hydrogen-bond acceptors (Lipinski definition) is 2. The van der Waals surface area contributed by atoms with Gasteiger partial charge < -0.3 is 9.64 Å². The number of ether oxygens (including phenoxy) is 1. The molecule has 0 saturated heterocycles. The fraction of sp³-hybridized carbons (Fsp3) is 0.400. The van der Waals surface area contributed by atoms with Crippen LogP contribution in [0.2, 0.25) is 0 Å². The highest BCUT2D eigenvalue weighted by atomic mass is 16.5. The number of likely N-dealkylation sites (N-methyl/N-ethyl adjacent to an activating group) is 1. The van der Waals surface area contributed by atoms with Gasteiger partial charge in [0.25, 0.3) is 0 Å². The van der Waals surface area contributed by atoms with E-state index in [1.165, 1.54) is 0 Å². The summed E-state index contributed by atoms with van der Waals surface area (Å²) in [5, 5.41) is 0. The van der Waals surface area contributed by atoms with Crippen molar-refractivity contribution in [3.05, 3.63) is 35.9 Å². The SMILES string of the molecule is CCOc1ccc(C=CC(=O)N(CC)CC)cc1. The van der Waals surface area contributed by atoms with E-state index in [0.29, 0.717) is 6.61 Å². The maximum atomic E-state index is 11.8. The van der Waals surface area contributed by atoms with E-state index in [1.807, 2.05) is 51.1 Å². The molecule has 0 bridgehead atoms. The largest absolute Gasteiger partial charge is 0.494 e. The molecule has 0 saturated carbocycles. The molecule has 3 nitrogen and oxygen atoms in total. The molecule has 98 valence electrons. The molecule has 0 heterocycles. The standard InChI is InChI=1S/C15H21NO2/c1-4-16(5-2)15(17)12-9-13-7-10-14(11-8-13)18-6-3/h7-12H,4-6H2,1-3H3. The number of amides is 1. The summed E-state index contributed by atoms with van der Waals surface area (Å²) in [5.74, 6) is 0.901. The Balaban J connectivity index is 2.63. The number of benzene rings is 1. The molecule has 1 aromatic carbocycles. The Labute approximate surface area is 109 Å². The number of carbonyl (C=O) groups excluding carboxylic acids is 1. The molecule has 18 heavy (non-hydrogen) atoms. The van der Waals surface area contributed by atoms with Crippen molar-refractivity contribution in [1.29, 1.82) is 0 Å². The van der Waals surface area contributed by atoms with E-state index in [-0.39, 0.29) is 5.91 Å². The van der Waals surface area contributed by atoms with Crippen molar-refractivity contribution in [2.75, 3.05) is 19.7 Å². The maximum absolute atomic E-state index is 11.8. The van der Waals surface area contributed by atoms with E-state index in [2.05, 4.69) is 0 Å². The van der Waals surface area contributed by atoms with Gasteiger partial charge in [-0.15, -0.1) is 0 Å². The van der Waals surface area contributed by atoms with Gasteiger partial charge in [0.05, 0.1) is 6.61 Å². The van der Waals surface area contributed by atoms with Crippen LogP contribution in [0.25, 0.3) is 6.08 Å².